The minimum Gasteiger partial charge on any atom is -0.497 e. The standard InChI is InChI=1S/C21H17ClN2O2/c1-13(21(25)24-18-7-5-17(12-23)20(22)11-18)14-3-4-16-10-19(26-2)8-6-15(16)9-14/h3-11,13H,1-2H3,(H,24,25)/t13-/m0/s1. The molecule has 1 atom stereocenters. The number of hydrogen-bond donors (Lipinski definition) is 1. The van der Waals surface area contributed by atoms with Crippen LogP contribution in [0.5, 0.6) is 5.75 Å². The second-order valence-corrected chi connectivity index (χ2v) is 6.40. The maximum absolute atomic E-state index is 12.6. The number of anilines is 1. The summed E-state index contributed by atoms with van der Waals surface area (Å²) in [6.45, 7) is 1.85. The van der Waals surface area contributed by atoms with Crippen molar-refractivity contribution in [2.75, 3.05) is 12.4 Å². The van der Waals surface area contributed by atoms with Crippen molar-refractivity contribution in [2.45, 2.75) is 12.8 Å². The third-order valence-electron chi connectivity index (χ3n) is 4.32. The fourth-order valence-electron chi connectivity index (χ4n) is 2.72. The van der Waals surface area contributed by atoms with Gasteiger partial charge < -0.3 is 10.1 Å². The molecule has 5 heteroatoms. The Hall–Kier alpha value is -3.03. The number of halogens is 1. The van der Waals surface area contributed by atoms with E-state index < -0.39 is 0 Å². The van der Waals surface area contributed by atoms with E-state index >= 15 is 0 Å². The Balaban J connectivity index is 1.80. The van der Waals surface area contributed by atoms with E-state index in [0.29, 0.717) is 16.3 Å². The molecule has 0 aromatic heterocycles. The molecule has 0 aliphatic heterocycles. The summed E-state index contributed by atoms with van der Waals surface area (Å²) in [6.07, 6.45) is 0. The topological polar surface area (TPSA) is 62.1 Å². The highest BCUT2D eigenvalue weighted by Crippen LogP contribution is 2.26. The molecule has 26 heavy (non-hydrogen) atoms. The Bertz CT molecular complexity index is 1020. The van der Waals surface area contributed by atoms with Gasteiger partial charge in [0.2, 0.25) is 5.91 Å². The lowest BCUT2D eigenvalue weighted by atomic mass is 9.97. The maximum atomic E-state index is 12.6. The molecule has 0 heterocycles. The average Bonchev–Trinajstić information content (AvgIpc) is 2.66. The van der Waals surface area contributed by atoms with Gasteiger partial charge in [-0.25, -0.2) is 0 Å². The zero-order valence-electron chi connectivity index (χ0n) is 14.4. The smallest absolute Gasteiger partial charge is 0.231 e. The van der Waals surface area contributed by atoms with Crippen molar-refractivity contribution >= 4 is 34.0 Å². The quantitative estimate of drug-likeness (QED) is 0.699. The van der Waals surface area contributed by atoms with Crippen LogP contribution in [0, 0.1) is 11.3 Å². The number of rotatable bonds is 4. The second-order valence-electron chi connectivity index (χ2n) is 5.99. The van der Waals surface area contributed by atoms with Gasteiger partial charge in [0.25, 0.3) is 0 Å². The first-order valence-corrected chi connectivity index (χ1v) is 8.48. The third-order valence-corrected chi connectivity index (χ3v) is 4.63. The van der Waals surface area contributed by atoms with Crippen molar-refractivity contribution in [3.8, 4) is 11.8 Å². The lowest BCUT2D eigenvalue weighted by molar-refractivity contribution is -0.117. The van der Waals surface area contributed by atoms with E-state index in [2.05, 4.69) is 5.32 Å². The van der Waals surface area contributed by atoms with Crippen LogP contribution >= 0.6 is 11.6 Å². The Morgan fingerprint density at radius 3 is 2.54 bits per heavy atom. The third kappa shape index (κ3) is 3.63. The molecule has 1 N–H and O–H groups in total. The molecule has 3 aromatic rings. The van der Waals surface area contributed by atoms with E-state index in [-0.39, 0.29) is 11.8 Å². The van der Waals surface area contributed by atoms with Gasteiger partial charge in [-0.1, -0.05) is 35.9 Å². The van der Waals surface area contributed by atoms with Gasteiger partial charge in [0.05, 0.1) is 23.6 Å². The van der Waals surface area contributed by atoms with Crippen molar-refractivity contribution < 1.29 is 9.53 Å². The van der Waals surface area contributed by atoms with Gasteiger partial charge in [0, 0.05) is 5.69 Å². The Labute approximate surface area is 157 Å². The predicted molar refractivity (Wildman–Crippen MR) is 104 cm³/mol. The number of ether oxygens (including phenoxy) is 1. The molecule has 130 valence electrons. The first kappa shape index (κ1) is 17.8. The van der Waals surface area contributed by atoms with Crippen molar-refractivity contribution in [1.29, 1.82) is 5.26 Å². The van der Waals surface area contributed by atoms with Gasteiger partial charge in [-0.05, 0) is 53.6 Å². The highest BCUT2D eigenvalue weighted by molar-refractivity contribution is 6.32. The summed E-state index contributed by atoms with van der Waals surface area (Å²) in [4.78, 5) is 12.6. The first-order chi connectivity index (χ1) is 12.5. The number of amides is 1. The maximum Gasteiger partial charge on any atom is 0.231 e. The number of carbonyl (C=O) groups is 1. The summed E-state index contributed by atoms with van der Waals surface area (Å²) in [6, 6.07) is 18.6. The minimum absolute atomic E-state index is 0.140. The summed E-state index contributed by atoms with van der Waals surface area (Å²) >= 11 is 6.02. The number of methoxy groups -OCH3 is 1. The fourth-order valence-corrected chi connectivity index (χ4v) is 2.95. The number of nitrogens with zero attached hydrogens (tertiary/aromatic N) is 1. The average molecular weight is 365 g/mol. The van der Waals surface area contributed by atoms with Gasteiger partial charge >= 0.3 is 0 Å². The van der Waals surface area contributed by atoms with Gasteiger partial charge in [-0.2, -0.15) is 5.26 Å². The molecule has 0 bridgehead atoms. The number of carbonyl (C=O) groups excluding carboxylic acids is 1. The van der Waals surface area contributed by atoms with Crippen molar-refractivity contribution in [3.63, 3.8) is 0 Å². The van der Waals surface area contributed by atoms with Crippen LogP contribution in [0.15, 0.2) is 54.6 Å². The molecule has 0 radical (unpaired) electrons. The van der Waals surface area contributed by atoms with E-state index in [1.807, 2.05) is 49.4 Å². The van der Waals surface area contributed by atoms with Gasteiger partial charge in [-0.15, -0.1) is 0 Å². The van der Waals surface area contributed by atoms with Crippen LogP contribution in [0.4, 0.5) is 5.69 Å². The van der Waals surface area contributed by atoms with Crippen LogP contribution in [-0.2, 0) is 4.79 Å². The zero-order chi connectivity index (χ0) is 18.7. The largest absolute Gasteiger partial charge is 0.497 e. The van der Waals surface area contributed by atoms with Gasteiger partial charge in [-0.3, -0.25) is 4.79 Å². The van der Waals surface area contributed by atoms with Gasteiger partial charge in [0.1, 0.15) is 11.8 Å². The van der Waals surface area contributed by atoms with Gasteiger partial charge in [0.15, 0.2) is 0 Å². The molecule has 0 saturated heterocycles. The molecule has 0 aliphatic carbocycles. The Kier molecular flexibility index (Phi) is 5.11. The molecule has 4 nitrogen and oxygen atoms in total. The van der Waals surface area contributed by atoms with E-state index in [0.717, 1.165) is 22.1 Å². The molecule has 0 unspecified atom stereocenters. The molecule has 0 spiro atoms. The summed E-state index contributed by atoms with van der Waals surface area (Å²) in [5.74, 6) is 0.322. The lowest BCUT2D eigenvalue weighted by Crippen LogP contribution is -2.18. The minimum atomic E-state index is -0.337. The molecule has 1 amide bonds. The second kappa shape index (κ2) is 7.47. The first-order valence-electron chi connectivity index (χ1n) is 8.10. The molecular weight excluding hydrogens is 348 g/mol. The molecule has 0 fully saturated rings. The summed E-state index contributed by atoms with van der Waals surface area (Å²) in [5.41, 5.74) is 1.86. The monoisotopic (exact) mass is 364 g/mol. The van der Waals surface area contributed by atoms with Crippen LogP contribution in [0.25, 0.3) is 10.8 Å². The van der Waals surface area contributed by atoms with Crippen LogP contribution < -0.4 is 10.1 Å². The number of nitriles is 1. The van der Waals surface area contributed by atoms with E-state index in [1.165, 1.54) is 0 Å². The summed E-state index contributed by atoms with van der Waals surface area (Å²) in [7, 11) is 1.64. The normalized spacial score (nSPS) is 11.6. The van der Waals surface area contributed by atoms with Crippen molar-refractivity contribution in [2.24, 2.45) is 0 Å². The molecule has 3 aromatic carbocycles. The molecule has 3 rings (SSSR count). The van der Waals surface area contributed by atoms with Crippen LogP contribution in [0.2, 0.25) is 5.02 Å². The van der Waals surface area contributed by atoms with E-state index in [4.69, 9.17) is 21.6 Å². The van der Waals surface area contributed by atoms with Crippen molar-refractivity contribution in [1.82, 2.24) is 0 Å². The molecule has 0 saturated carbocycles. The SMILES string of the molecule is COc1ccc2cc([C@H](C)C(=O)Nc3ccc(C#N)c(Cl)c3)ccc2c1. The number of hydrogen-bond acceptors (Lipinski definition) is 3. The Morgan fingerprint density at radius 2 is 1.85 bits per heavy atom. The number of fused-ring (bicyclic) bond motifs is 1. The van der Waals surface area contributed by atoms with E-state index in [1.54, 1.807) is 25.3 Å². The predicted octanol–water partition coefficient (Wildman–Crippen LogP) is 5.12. The summed E-state index contributed by atoms with van der Waals surface area (Å²) < 4.78 is 5.24. The Morgan fingerprint density at radius 1 is 1.12 bits per heavy atom. The van der Waals surface area contributed by atoms with Crippen LogP contribution in [0.1, 0.15) is 24.0 Å². The van der Waals surface area contributed by atoms with Crippen molar-refractivity contribution in [3.05, 3.63) is 70.7 Å². The molecule has 0 aliphatic rings. The molecular formula is C21H17ClN2O2. The highest BCUT2D eigenvalue weighted by atomic mass is 35.5. The number of benzene rings is 3. The summed E-state index contributed by atoms with van der Waals surface area (Å²) in [5, 5.41) is 14.2. The van der Waals surface area contributed by atoms with Crippen LogP contribution in [-0.4, -0.2) is 13.0 Å². The zero-order valence-corrected chi connectivity index (χ0v) is 15.2. The fraction of sp³-hybridized carbons (Fsp3) is 0.143. The van der Waals surface area contributed by atoms with Crippen LogP contribution in [0.3, 0.4) is 0 Å². The number of nitrogens with one attached hydrogen (secondary N) is 1. The lowest BCUT2D eigenvalue weighted by Gasteiger charge is -2.14. The van der Waals surface area contributed by atoms with E-state index in [9.17, 15) is 4.79 Å². The highest BCUT2D eigenvalue weighted by Gasteiger charge is 2.16.